The summed E-state index contributed by atoms with van der Waals surface area (Å²) in [6, 6.07) is 9.33. The Morgan fingerprint density at radius 2 is 1.88 bits per heavy atom. The van der Waals surface area contributed by atoms with E-state index < -0.39 is 9.75 Å². The van der Waals surface area contributed by atoms with Crippen molar-refractivity contribution >= 4 is 29.1 Å². The fourth-order valence-corrected chi connectivity index (χ4v) is 3.31. The van der Waals surface area contributed by atoms with Crippen LogP contribution in [0, 0.1) is 5.41 Å². The average Bonchev–Trinajstić information content (AvgIpc) is 3.18. The van der Waals surface area contributed by atoms with Gasteiger partial charge >= 0.3 is 0 Å². The predicted octanol–water partition coefficient (Wildman–Crippen LogP) is 3.87. The summed E-state index contributed by atoms with van der Waals surface area (Å²) in [4.78, 5) is 16.2. The Labute approximate surface area is 162 Å². The van der Waals surface area contributed by atoms with Gasteiger partial charge in [0.2, 0.25) is 5.91 Å². The molecule has 1 N–H and O–H groups in total. The molecule has 1 saturated carbocycles. The zero-order valence-electron chi connectivity index (χ0n) is 14.6. The first-order valence-corrected chi connectivity index (χ1v) is 8.96. The highest BCUT2D eigenvalue weighted by Gasteiger charge is 2.67. The lowest BCUT2D eigenvalue weighted by Gasteiger charge is -2.15. The van der Waals surface area contributed by atoms with E-state index >= 15 is 0 Å². The Kier molecular flexibility index (Phi) is 5.30. The molecule has 1 aliphatic carbocycles. The highest BCUT2D eigenvalue weighted by Crippen LogP contribution is 2.63. The maximum atomic E-state index is 12.3. The third-order valence-electron chi connectivity index (χ3n) is 4.58. The van der Waals surface area contributed by atoms with Crippen LogP contribution in [0.25, 0.3) is 0 Å². The number of methoxy groups -OCH3 is 1. The Morgan fingerprint density at radius 1 is 1.19 bits per heavy atom. The van der Waals surface area contributed by atoms with Gasteiger partial charge in [0, 0.05) is 18.9 Å². The van der Waals surface area contributed by atoms with Crippen molar-refractivity contribution in [2.75, 3.05) is 7.11 Å². The van der Waals surface area contributed by atoms with Gasteiger partial charge < -0.3 is 14.8 Å². The largest absolute Gasteiger partial charge is 0.493 e. The molecule has 0 bridgehead atoms. The van der Waals surface area contributed by atoms with Gasteiger partial charge in [-0.05, 0) is 48.7 Å². The highest BCUT2D eigenvalue weighted by molar-refractivity contribution is 6.53. The van der Waals surface area contributed by atoms with Crippen molar-refractivity contribution in [2.24, 2.45) is 5.41 Å². The van der Waals surface area contributed by atoms with Crippen LogP contribution in [0.2, 0.25) is 0 Å². The minimum absolute atomic E-state index is 0.153. The number of hydrogen-bond acceptors (Lipinski definition) is 4. The van der Waals surface area contributed by atoms with Crippen LogP contribution in [0.1, 0.15) is 24.5 Å². The molecule has 1 aliphatic rings. The minimum atomic E-state index is -0.973. The lowest BCUT2D eigenvalue weighted by atomic mass is 10.1. The van der Waals surface area contributed by atoms with Gasteiger partial charge in [0.15, 0.2) is 11.5 Å². The molecule has 1 aromatic heterocycles. The number of nitrogens with one attached hydrogen (secondary N) is 1. The summed E-state index contributed by atoms with van der Waals surface area (Å²) >= 11 is 12.1. The van der Waals surface area contributed by atoms with Gasteiger partial charge in [-0.1, -0.05) is 6.07 Å². The highest BCUT2D eigenvalue weighted by atomic mass is 35.5. The minimum Gasteiger partial charge on any atom is -0.493 e. The molecule has 1 fully saturated rings. The molecular weight excluding hydrogens is 375 g/mol. The maximum Gasteiger partial charge on any atom is 0.229 e. The third kappa shape index (κ3) is 3.89. The standard InChI is InChI=1S/C19H20Cl2N2O3/c1-18(12-19(18,20)21)17(24)23-10-14-3-4-15(16(9-14)25-2)26-11-13-5-7-22-8-6-13/h3-9H,10-12H2,1-2H3,(H,23,24)/t18-/m1/s1. The first-order chi connectivity index (χ1) is 12.4. The molecule has 1 heterocycles. The molecule has 138 valence electrons. The molecule has 7 heteroatoms. The van der Waals surface area contributed by atoms with Gasteiger partial charge in [-0.2, -0.15) is 0 Å². The Hall–Kier alpha value is -1.98. The molecule has 26 heavy (non-hydrogen) atoms. The van der Waals surface area contributed by atoms with Crippen LogP contribution in [0.3, 0.4) is 0 Å². The molecule has 5 nitrogen and oxygen atoms in total. The Bertz CT molecular complexity index is 799. The number of nitrogens with zero attached hydrogens (tertiary/aromatic N) is 1. The van der Waals surface area contributed by atoms with E-state index in [9.17, 15) is 4.79 Å². The first-order valence-electron chi connectivity index (χ1n) is 8.20. The molecule has 0 saturated heterocycles. The summed E-state index contributed by atoms with van der Waals surface area (Å²) in [6.07, 6.45) is 3.90. The number of carbonyl (C=O) groups excluding carboxylic acids is 1. The maximum absolute atomic E-state index is 12.3. The quantitative estimate of drug-likeness (QED) is 0.724. The van der Waals surface area contributed by atoms with Gasteiger partial charge in [0.25, 0.3) is 0 Å². The van der Waals surface area contributed by atoms with Crippen molar-refractivity contribution in [1.82, 2.24) is 10.3 Å². The van der Waals surface area contributed by atoms with Gasteiger partial charge in [-0.3, -0.25) is 9.78 Å². The number of rotatable bonds is 7. The third-order valence-corrected chi connectivity index (χ3v) is 5.69. The topological polar surface area (TPSA) is 60.5 Å². The number of pyridine rings is 1. The monoisotopic (exact) mass is 394 g/mol. The average molecular weight is 395 g/mol. The van der Waals surface area contributed by atoms with Crippen LogP contribution < -0.4 is 14.8 Å². The summed E-state index contributed by atoms with van der Waals surface area (Å²) in [6.45, 7) is 2.54. The Morgan fingerprint density at radius 3 is 2.50 bits per heavy atom. The lowest BCUT2D eigenvalue weighted by Crippen LogP contribution is -2.32. The second-order valence-corrected chi connectivity index (χ2v) is 8.01. The fraction of sp³-hybridized carbons (Fsp3) is 0.368. The number of halogens is 2. The predicted molar refractivity (Wildman–Crippen MR) is 101 cm³/mol. The van der Waals surface area contributed by atoms with Crippen LogP contribution in [0.5, 0.6) is 11.5 Å². The van der Waals surface area contributed by atoms with E-state index in [1.807, 2.05) is 30.3 Å². The molecule has 2 aromatic rings. The molecule has 1 atom stereocenters. The van der Waals surface area contributed by atoms with E-state index in [0.717, 1.165) is 11.1 Å². The fourth-order valence-electron chi connectivity index (χ4n) is 2.60. The van der Waals surface area contributed by atoms with Gasteiger partial charge in [0.05, 0.1) is 12.5 Å². The van der Waals surface area contributed by atoms with Gasteiger partial charge in [0.1, 0.15) is 10.9 Å². The Balaban J connectivity index is 1.60. The van der Waals surface area contributed by atoms with E-state index in [1.54, 1.807) is 26.4 Å². The summed E-state index contributed by atoms with van der Waals surface area (Å²) in [7, 11) is 1.58. The number of ether oxygens (including phenoxy) is 2. The molecular formula is C19H20Cl2N2O3. The van der Waals surface area contributed by atoms with E-state index in [4.69, 9.17) is 32.7 Å². The molecule has 0 radical (unpaired) electrons. The van der Waals surface area contributed by atoms with E-state index in [-0.39, 0.29) is 5.91 Å². The lowest BCUT2D eigenvalue weighted by molar-refractivity contribution is -0.125. The second kappa shape index (κ2) is 7.33. The van der Waals surface area contributed by atoms with Crippen molar-refractivity contribution in [3.05, 3.63) is 53.9 Å². The summed E-state index contributed by atoms with van der Waals surface area (Å²) in [5.41, 5.74) is 1.18. The van der Waals surface area contributed by atoms with Crippen LogP contribution in [-0.2, 0) is 17.9 Å². The van der Waals surface area contributed by atoms with Crippen molar-refractivity contribution < 1.29 is 14.3 Å². The number of benzene rings is 1. The molecule has 0 aliphatic heterocycles. The zero-order valence-corrected chi connectivity index (χ0v) is 16.1. The van der Waals surface area contributed by atoms with E-state index in [1.165, 1.54) is 0 Å². The molecule has 1 amide bonds. The summed E-state index contributed by atoms with van der Waals surface area (Å²) in [5.74, 6) is 1.08. The van der Waals surface area contributed by atoms with E-state index in [2.05, 4.69) is 10.3 Å². The van der Waals surface area contributed by atoms with Crippen molar-refractivity contribution in [3.8, 4) is 11.5 Å². The SMILES string of the molecule is COc1cc(CNC(=O)[C@@]2(C)CC2(Cl)Cl)ccc1OCc1ccncc1. The molecule has 1 aromatic carbocycles. The zero-order chi connectivity index (χ0) is 18.8. The van der Waals surface area contributed by atoms with Crippen molar-refractivity contribution in [3.63, 3.8) is 0 Å². The number of aromatic nitrogens is 1. The molecule has 3 rings (SSSR count). The van der Waals surface area contributed by atoms with Gasteiger partial charge in [-0.25, -0.2) is 0 Å². The molecule has 0 spiro atoms. The van der Waals surface area contributed by atoms with E-state index in [0.29, 0.717) is 31.1 Å². The van der Waals surface area contributed by atoms with Crippen LogP contribution in [0.4, 0.5) is 0 Å². The normalized spacial score (nSPS) is 20.3. The number of alkyl halides is 2. The smallest absolute Gasteiger partial charge is 0.229 e. The van der Waals surface area contributed by atoms with Crippen LogP contribution in [0.15, 0.2) is 42.7 Å². The molecule has 0 unspecified atom stereocenters. The van der Waals surface area contributed by atoms with Crippen molar-refractivity contribution in [2.45, 2.75) is 30.8 Å². The number of hydrogen-bond donors (Lipinski definition) is 1. The number of amides is 1. The van der Waals surface area contributed by atoms with Crippen LogP contribution in [-0.4, -0.2) is 22.3 Å². The number of carbonyl (C=O) groups is 1. The first kappa shape index (κ1) is 18.8. The second-order valence-electron chi connectivity index (χ2n) is 6.53. The van der Waals surface area contributed by atoms with Crippen LogP contribution >= 0.6 is 23.2 Å². The summed E-state index contributed by atoms with van der Waals surface area (Å²) < 4.78 is 10.2. The van der Waals surface area contributed by atoms with Crippen molar-refractivity contribution in [1.29, 1.82) is 0 Å². The van der Waals surface area contributed by atoms with Gasteiger partial charge in [-0.15, -0.1) is 23.2 Å². The summed E-state index contributed by atoms with van der Waals surface area (Å²) in [5, 5.41) is 2.87.